The molecule has 1 amide bonds. The van der Waals surface area contributed by atoms with Crippen molar-refractivity contribution in [1.29, 1.82) is 0 Å². The van der Waals surface area contributed by atoms with Crippen molar-refractivity contribution >= 4 is 23.4 Å². The van der Waals surface area contributed by atoms with Gasteiger partial charge in [0.05, 0.1) is 12.9 Å². The number of aryl methyl sites for hydroxylation is 3. The minimum Gasteiger partial charge on any atom is -0.494 e. The van der Waals surface area contributed by atoms with Gasteiger partial charge in [0.25, 0.3) is 0 Å². The normalized spacial score (nSPS) is 10.5. The summed E-state index contributed by atoms with van der Waals surface area (Å²) in [6, 6.07) is 8.95. The van der Waals surface area contributed by atoms with E-state index in [1.165, 1.54) is 30.5 Å². The second-order valence-electron chi connectivity index (χ2n) is 5.78. The Morgan fingerprint density at radius 1 is 1.17 bits per heavy atom. The fourth-order valence-electron chi connectivity index (χ4n) is 2.61. The van der Waals surface area contributed by atoms with Crippen LogP contribution in [0.3, 0.4) is 0 Å². The molecule has 0 saturated heterocycles. The number of amides is 1. The first-order valence-corrected chi connectivity index (χ1v) is 8.84. The minimum atomic E-state index is -0.383. The van der Waals surface area contributed by atoms with Crippen LogP contribution in [0, 0.1) is 26.6 Å². The maximum Gasteiger partial charge on any atom is 0.234 e. The summed E-state index contributed by atoms with van der Waals surface area (Å²) in [6.07, 6.45) is 0. The molecule has 0 aliphatic carbocycles. The number of hydrogen-bond acceptors (Lipinski definition) is 3. The predicted octanol–water partition coefficient (Wildman–Crippen LogP) is 4.63. The number of ether oxygens (including phenoxy) is 1. The van der Waals surface area contributed by atoms with Crippen molar-refractivity contribution in [3.8, 4) is 5.75 Å². The van der Waals surface area contributed by atoms with Crippen molar-refractivity contribution in [1.82, 2.24) is 0 Å². The molecule has 0 fully saturated rings. The lowest BCUT2D eigenvalue weighted by molar-refractivity contribution is -0.113. The molecule has 128 valence electrons. The van der Waals surface area contributed by atoms with Crippen LogP contribution in [0.4, 0.5) is 10.1 Å². The number of carbonyl (C=O) groups is 1. The second-order valence-corrected chi connectivity index (χ2v) is 6.77. The zero-order valence-electron chi connectivity index (χ0n) is 14.4. The second kappa shape index (κ2) is 8.20. The number of carbonyl (C=O) groups excluding carboxylic acids is 1. The van der Waals surface area contributed by atoms with Crippen molar-refractivity contribution in [3.63, 3.8) is 0 Å². The van der Waals surface area contributed by atoms with Gasteiger partial charge in [-0.2, -0.15) is 0 Å². The minimum absolute atomic E-state index is 0.0518. The maximum absolute atomic E-state index is 13.6. The van der Waals surface area contributed by atoms with Gasteiger partial charge in [-0.1, -0.05) is 23.8 Å². The van der Waals surface area contributed by atoms with Gasteiger partial charge in [0, 0.05) is 11.4 Å². The predicted molar refractivity (Wildman–Crippen MR) is 98.4 cm³/mol. The fraction of sp³-hybridized carbons (Fsp3) is 0.316. The topological polar surface area (TPSA) is 38.3 Å². The highest BCUT2D eigenvalue weighted by atomic mass is 32.2. The average molecular weight is 347 g/mol. The lowest BCUT2D eigenvalue weighted by atomic mass is 10.1. The first-order valence-electron chi connectivity index (χ1n) is 7.68. The zero-order chi connectivity index (χ0) is 17.7. The third-order valence-electron chi connectivity index (χ3n) is 3.66. The summed E-state index contributed by atoms with van der Waals surface area (Å²) in [5.74, 6) is 0.683. The van der Waals surface area contributed by atoms with Crippen LogP contribution >= 0.6 is 11.8 Å². The summed E-state index contributed by atoms with van der Waals surface area (Å²) in [7, 11) is 1.44. The molecule has 0 saturated carbocycles. The summed E-state index contributed by atoms with van der Waals surface area (Å²) in [4.78, 5) is 12.1. The van der Waals surface area contributed by atoms with E-state index < -0.39 is 0 Å². The Balaban J connectivity index is 1.89. The number of halogens is 1. The number of hydrogen-bond donors (Lipinski definition) is 1. The maximum atomic E-state index is 13.6. The number of rotatable bonds is 6. The van der Waals surface area contributed by atoms with Crippen molar-refractivity contribution in [2.24, 2.45) is 0 Å². The largest absolute Gasteiger partial charge is 0.494 e. The monoisotopic (exact) mass is 347 g/mol. The van der Waals surface area contributed by atoms with Gasteiger partial charge in [0.15, 0.2) is 11.6 Å². The Bertz CT molecular complexity index is 723. The average Bonchev–Trinajstić information content (AvgIpc) is 2.51. The molecule has 0 atom stereocenters. The molecule has 2 rings (SSSR count). The third-order valence-corrected chi connectivity index (χ3v) is 4.66. The molecule has 0 unspecified atom stereocenters. The number of anilines is 1. The molecule has 0 aliphatic heterocycles. The molecule has 2 aromatic rings. The van der Waals surface area contributed by atoms with E-state index in [1.807, 2.05) is 20.8 Å². The van der Waals surface area contributed by atoms with Crippen LogP contribution in [0.15, 0.2) is 30.3 Å². The number of thioether (sulfide) groups is 1. The molecule has 24 heavy (non-hydrogen) atoms. The standard InChI is InChI=1S/C19H22FNO2S/c1-12-7-13(2)19(14(3)8-12)21-18(22)11-24-10-15-5-6-17(23-4)16(20)9-15/h5-9H,10-11H2,1-4H3,(H,21,22). The quantitative estimate of drug-likeness (QED) is 0.828. The molecule has 0 heterocycles. The molecular formula is C19H22FNO2S. The van der Waals surface area contributed by atoms with E-state index in [0.29, 0.717) is 11.5 Å². The highest BCUT2D eigenvalue weighted by Crippen LogP contribution is 2.23. The van der Waals surface area contributed by atoms with E-state index in [0.717, 1.165) is 22.4 Å². The molecule has 3 nitrogen and oxygen atoms in total. The zero-order valence-corrected chi connectivity index (χ0v) is 15.2. The van der Waals surface area contributed by atoms with Crippen LogP contribution in [-0.4, -0.2) is 18.8 Å². The van der Waals surface area contributed by atoms with E-state index >= 15 is 0 Å². The Morgan fingerprint density at radius 3 is 2.42 bits per heavy atom. The van der Waals surface area contributed by atoms with Gasteiger partial charge in [-0.3, -0.25) is 4.79 Å². The Hall–Kier alpha value is -2.01. The summed E-state index contributed by atoms with van der Waals surface area (Å²) >= 11 is 1.45. The van der Waals surface area contributed by atoms with Gasteiger partial charge in [-0.15, -0.1) is 11.8 Å². The van der Waals surface area contributed by atoms with E-state index in [-0.39, 0.29) is 17.5 Å². The fourth-order valence-corrected chi connectivity index (χ4v) is 3.39. The van der Waals surface area contributed by atoms with E-state index in [9.17, 15) is 9.18 Å². The van der Waals surface area contributed by atoms with Crippen LogP contribution in [0.25, 0.3) is 0 Å². The summed E-state index contributed by atoms with van der Waals surface area (Å²) in [5.41, 5.74) is 5.00. The molecule has 2 aromatic carbocycles. The van der Waals surface area contributed by atoms with Gasteiger partial charge in [-0.05, 0) is 49.6 Å². The number of nitrogens with one attached hydrogen (secondary N) is 1. The molecular weight excluding hydrogens is 325 g/mol. The van der Waals surface area contributed by atoms with Crippen LogP contribution in [0.5, 0.6) is 5.75 Å². The van der Waals surface area contributed by atoms with Crippen LogP contribution in [0.1, 0.15) is 22.3 Å². The van der Waals surface area contributed by atoms with Gasteiger partial charge >= 0.3 is 0 Å². The van der Waals surface area contributed by atoms with Crippen molar-refractivity contribution in [3.05, 3.63) is 58.4 Å². The smallest absolute Gasteiger partial charge is 0.234 e. The van der Waals surface area contributed by atoms with Crippen molar-refractivity contribution in [2.75, 3.05) is 18.2 Å². The summed E-state index contributed by atoms with van der Waals surface area (Å²) in [6.45, 7) is 6.02. The summed E-state index contributed by atoms with van der Waals surface area (Å²) < 4.78 is 18.5. The third kappa shape index (κ3) is 4.74. The highest BCUT2D eigenvalue weighted by molar-refractivity contribution is 7.99. The van der Waals surface area contributed by atoms with Crippen LogP contribution in [0.2, 0.25) is 0 Å². The lowest BCUT2D eigenvalue weighted by Crippen LogP contribution is -2.16. The molecule has 5 heteroatoms. The van der Waals surface area contributed by atoms with E-state index in [1.54, 1.807) is 12.1 Å². The Labute approximate surface area is 146 Å². The molecule has 1 N–H and O–H groups in total. The SMILES string of the molecule is COc1ccc(CSCC(=O)Nc2c(C)cc(C)cc2C)cc1F. The summed E-state index contributed by atoms with van der Waals surface area (Å²) in [5, 5.41) is 2.97. The first kappa shape index (κ1) is 18.3. The van der Waals surface area contributed by atoms with Crippen LogP contribution in [-0.2, 0) is 10.5 Å². The van der Waals surface area contributed by atoms with Gasteiger partial charge < -0.3 is 10.1 Å². The van der Waals surface area contributed by atoms with Crippen LogP contribution < -0.4 is 10.1 Å². The van der Waals surface area contributed by atoms with E-state index in [2.05, 4.69) is 17.4 Å². The molecule has 0 bridgehead atoms. The first-order chi connectivity index (χ1) is 11.4. The number of methoxy groups -OCH3 is 1. The Kier molecular flexibility index (Phi) is 6.26. The van der Waals surface area contributed by atoms with Crippen molar-refractivity contribution in [2.45, 2.75) is 26.5 Å². The molecule has 0 spiro atoms. The lowest BCUT2D eigenvalue weighted by Gasteiger charge is -2.12. The van der Waals surface area contributed by atoms with Crippen molar-refractivity contribution < 1.29 is 13.9 Å². The molecule has 0 radical (unpaired) electrons. The van der Waals surface area contributed by atoms with Gasteiger partial charge in [0.2, 0.25) is 5.91 Å². The molecule has 0 aromatic heterocycles. The van der Waals surface area contributed by atoms with Gasteiger partial charge in [0.1, 0.15) is 0 Å². The highest BCUT2D eigenvalue weighted by Gasteiger charge is 2.09. The Morgan fingerprint density at radius 2 is 1.83 bits per heavy atom. The van der Waals surface area contributed by atoms with Gasteiger partial charge in [-0.25, -0.2) is 4.39 Å². The van der Waals surface area contributed by atoms with E-state index in [4.69, 9.17) is 4.74 Å². The number of benzene rings is 2. The molecule has 0 aliphatic rings.